The van der Waals surface area contributed by atoms with Crippen LogP contribution in [0, 0.1) is 0 Å². The Kier molecular flexibility index (Phi) is 7.77. The lowest BCUT2D eigenvalue weighted by molar-refractivity contribution is -0.398. The van der Waals surface area contributed by atoms with Gasteiger partial charge in [-0.05, 0) is 13.8 Å². The number of rotatable bonds is 9. The molecule has 0 bridgehead atoms. The van der Waals surface area contributed by atoms with E-state index in [9.17, 15) is 49.1 Å². The number of ether oxygens (including phenoxy) is 2. The maximum Gasteiger partial charge on any atom is 0.460 e. The van der Waals surface area contributed by atoms with Crippen LogP contribution in [0.2, 0.25) is 0 Å². The van der Waals surface area contributed by atoms with Crippen LogP contribution in [-0.4, -0.2) is 48.6 Å². The number of esters is 2. The van der Waals surface area contributed by atoms with Gasteiger partial charge < -0.3 is 9.47 Å². The van der Waals surface area contributed by atoms with E-state index >= 15 is 0 Å². The molecule has 0 aliphatic carbocycles. The summed E-state index contributed by atoms with van der Waals surface area (Å²) in [6, 6.07) is 0. The minimum atomic E-state index is -7.10. The normalized spacial score (nSPS) is 14.2. The average molecular weight is 430 g/mol. The molecule has 0 aromatic heterocycles. The Morgan fingerprint density at radius 1 is 0.821 bits per heavy atom. The Balaban J connectivity index is 5.72. The van der Waals surface area contributed by atoms with Crippen LogP contribution >= 0.6 is 0 Å². The van der Waals surface area contributed by atoms with E-state index in [0.717, 1.165) is 13.8 Å². The molecule has 0 fully saturated rings. The van der Waals surface area contributed by atoms with E-state index < -0.39 is 60.6 Å². The van der Waals surface area contributed by atoms with Crippen LogP contribution in [0.25, 0.3) is 0 Å². The number of alkyl halides is 9. The van der Waals surface area contributed by atoms with Crippen LogP contribution in [-0.2, 0) is 19.1 Å². The zero-order valence-corrected chi connectivity index (χ0v) is 14.4. The Morgan fingerprint density at radius 2 is 1.25 bits per heavy atom. The van der Waals surface area contributed by atoms with E-state index in [-0.39, 0.29) is 5.57 Å². The minimum absolute atomic E-state index is 0.286. The second kappa shape index (κ2) is 8.43. The van der Waals surface area contributed by atoms with Gasteiger partial charge in [-0.3, -0.25) is 0 Å². The molecular formula is C15H15F9O4. The molecule has 4 nitrogen and oxygen atoms in total. The van der Waals surface area contributed by atoms with Crippen molar-refractivity contribution in [2.45, 2.75) is 50.3 Å². The van der Waals surface area contributed by atoms with Crippen molar-refractivity contribution in [2.75, 3.05) is 6.61 Å². The predicted octanol–water partition coefficient (Wildman–Crippen LogP) is 4.45. The predicted molar refractivity (Wildman–Crippen MR) is 76.0 cm³/mol. The molecule has 0 heterocycles. The zero-order valence-electron chi connectivity index (χ0n) is 14.4. The molecule has 0 aliphatic heterocycles. The summed E-state index contributed by atoms with van der Waals surface area (Å²) in [5, 5.41) is 0. The number of carbonyl (C=O) groups excluding carboxylic acids is 2. The lowest BCUT2D eigenvalue weighted by atomic mass is 9.98. The molecule has 0 rings (SSSR count). The van der Waals surface area contributed by atoms with Gasteiger partial charge in [0.2, 0.25) is 0 Å². The van der Waals surface area contributed by atoms with Crippen molar-refractivity contribution in [1.29, 1.82) is 0 Å². The molecule has 0 N–H and O–H groups in total. The molecule has 0 radical (unpaired) electrons. The summed E-state index contributed by atoms with van der Waals surface area (Å²) in [5.41, 5.74) is -0.724. The topological polar surface area (TPSA) is 52.6 Å². The minimum Gasteiger partial charge on any atom is -0.458 e. The van der Waals surface area contributed by atoms with Crippen LogP contribution < -0.4 is 0 Å². The smallest absolute Gasteiger partial charge is 0.458 e. The Bertz CT molecular complexity index is 638. The van der Waals surface area contributed by atoms with Crippen LogP contribution in [0.4, 0.5) is 39.5 Å². The molecule has 0 aromatic rings. The fourth-order valence-corrected chi connectivity index (χ4v) is 1.50. The molecule has 1 atom stereocenters. The molecule has 1 unspecified atom stereocenters. The van der Waals surface area contributed by atoms with Crippen molar-refractivity contribution >= 4 is 11.9 Å². The van der Waals surface area contributed by atoms with E-state index in [0.29, 0.717) is 0 Å². The van der Waals surface area contributed by atoms with Crippen LogP contribution in [0.3, 0.4) is 0 Å². The van der Waals surface area contributed by atoms with Gasteiger partial charge in [0.25, 0.3) is 0 Å². The molecule has 28 heavy (non-hydrogen) atoms. The first kappa shape index (κ1) is 25.8. The zero-order chi connectivity index (χ0) is 22.7. The first-order valence-corrected chi connectivity index (χ1v) is 7.17. The molecular weight excluding hydrogens is 415 g/mol. The first-order valence-electron chi connectivity index (χ1n) is 7.17. The van der Waals surface area contributed by atoms with E-state index in [1.54, 1.807) is 0 Å². The summed E-state index contributed by atoms with van der Waals surface area (Å²) in [4.78, 5) is 22.6. The third kappa shape index (κ3) is 5.64. The second-order valence-electron chi connectivity index (χ2n) is 5.74. The third-order valence-corrected chi connectivity index (χ3v) is 3.06. The molecule has 0 spiro atoms. The second-order valence-corrected chi connectivity index (χ2v) is 5.74. The molecule has 0 amide bonds. The molecule has 162 valence electrons. The summed E-state index contributed by atoms with van der Waals surface area (Å²) in [6.45, 7) is 6.92. The molecule has 0 saturated heterocycles. The van der Waals surface area contributed by atoms with Crippen molar-refractivity contribution < 1.29 is 58.6 Å². The van der Waals surface area contributed by atoms with Crippen LogP contribution in [0.15, 0.2) is 24.3 Å². The molecule has 0 aliphatic rings. The third-order valence-electron chi connectivity index (χ3n) is 3.06. The fourth-order valence-electron chi connectivity index (χ4n) is 1.50. The summed E-state index contributed by atoms with van der Waals surface area (Å²) in [6.07, 6.45) is -12.0. The highest BCUT2D eigenvalue weighted by atomic mass is 19.4. The van der Waals surface area contributed by atoms with E-state index in [4.69, 9.17) is 0 Å². The van der Waals surface area contributed by atoms with Gasteiger partial charge in [-0.25, -0.2) is 9.59 Å². The van der Waals surface area contributed by atoms with Gasteiger partial charge in [0, 0.05) is 11.1 Å². The lowest BCUT2D eigenvalue weighted by Crippen LogP contribution is -2.61. The van der Waals surface area contributed by atoms with Gasteiger partial charge in [0.05, 0.1) is 6.42 Å². The van der Waals surface area contributed by atoms with Crippen LogP contribution in [0.1, 0.15) is 20.3 Å². The SMILES string of the molecule is C=C(C)C(=O)OCC(CC(F)(F)C(F)(F)C(F)(F)C(F)(F)F)OC(=O)C(=C)C. The largest absolute Gasteiger partial charge is 0.460 e. The van der Waals surface area contributed by atoms with Crippen molar-refractivity contribution in [3.63, 3.8) is 0 Å². The van der Waals surface area contributed by atoms with E-state index in [1.165, 1.54) is 0 Å². The summed E-state index contributed by atoms with van der Waals surface area (Å²) >= 11 is 0. The van der Waals surface area contributed by atoms with Gasteiger partial charge >= 0.3 is 35.9 Å². The average Bonchev–Trinajstić information content (AvgIpc) is 2.49. The Labute approximate surface area is 153 Å². The Hall–Kier alpha value is -2.21. The standard InChI is InChI=1S/C15H15F9O4/c1-7(2)10(25)27-6-9(28-11(26)8(3)4)5-12(16,17)13(18,19)14(20,21)15(22,23)24/h9H,1,3,5-6H2,2,4H3. The highest BCUT2D eigenvalue weighted by Crippen LogP contribution is 2.54. The van der Waals surface area contributed by atoms with Gasteiger partial charge in [-0.15, -0.1) is 0 Å². The maximum absolute atomic E-state index is 13.7. The molecule has 0 saturated carbocycles. The van der Waals surface area contributed by atoms with Gasteiger partial charge in [-0.2, -0.15) is 39.5 Å². The Morgan fingerprint density at radius 3 is 1.61 bits per heavy atom. The maximum atomic E-state index is 13.7. The van der Waals surface area contributed by atoms with Crippen molar-refractivity contribution in [2.24, 2.45) is 0 Å². The van der Waals surface area contributed by atoms with Crippen molar-refractivity contribution in [3.8, 4) is 0 Å². The fraction of sp³-hybridized carbons (Fsp3) is 0.600. The number of carbonyl (C=O) groups is 2. The highest BCUT2D eigenvalue weighted by molar-refractivity contribution is 5.87. The molecule has 13 heteroatoms. The summed E-state index contributed by atoms with van der Waals surface area (Å²) in [7, 11) is 0. The highest BCUT2D eigenvalue weighted by Gasteiger charge is 2.81. The number of hydrogen-bond acceptors (Lipinski definition) is 4. The quantitative estimate of drug-likeness (QED) is 0.308. The number of halogens is 9. The van der Waals surface area contributed by atoms with E-state index in [1.807, 2.05) is 0 Å². The number of hydrogen-bond donors (Lipinski definition) is 0. The van der Waals surface area contributed by atoms with Gasteiger partial charge in [0.1, 0.15) is 12.7 Å². The first-order chi connectivity index (χ1) is 12.3. The monoisotopic (exact) mass is 430 g/mol. The lowest BCUT2D eigenvalue weighted by Gasteiger charge is -2.35. The van der Waals surface area contributed by atoms with E-state index in [2.05, 4.69) is 22.6 Å². The van der Waals surface area contributed by atoms with Gasteiger partial charge in [0.15, 0.2) is 0 Å². The summed E-state index contributed by atoms with van der Waals surface area (Å²) in [5.74, 6) is -22.7. The van der Waals surface area contributed by atoms with Crippen molar-refractivity contribution in [1.82, 2.24) is 0 Å². The van der Waals surface area contributed by atoms with Gasteiger partial charge in [-0.1, -0.05) is 13.2 Å². The van der Waals surface area contributed by atoms with Crippen molar-refractivity contribution in [3.05, 3.63) is 24.3 Å². The van der Waals surface area contributed by atoms with Crippen LogP contribution in [0.5, 0.6) is 0 Å². The summed E-state index contributed by atoms with van der Waals surface area (Å²) < 4.78 is 125. The molecule has 0 aromatic carbocycles.